The molecule has 0 aromatic carbocycles. The van der Waals surface area contributed by atoms with Crippen LogP contribution in [0.2, 0.25) is 0 Å². The van der Waals surface area contributed by atoms with E-state index in [4.69, 9.17) is 4.74 Å². The van der Waals surface area contributed by atoms with Crippen LogP contribution >= 0.6 is 0 Å². The van der Waals surface area contributed by atoms with Gasteiger partial charge in [-0.1, -0.05) is 19.3 Å². The third-order valence-corrected chi connectivity index (χ3v) is 4.49. The van der Waals surface area contributed by atoms with E-state index >= 15 is 0 Å². The molecule has 2 aliphatic rings. The summed E-state index contributed by atoms with van der Waals surface area (Å²) in [5.41, 5.74) is 0. The first-order valence-electron chi connectivity index (χ1n) is 7.81. The fourth-order valence-corrected chi connectivity index (χ4v) is 3.45. The van der Waals surface area contributed by atoms with Gasteiger partial charge in [0, 0.05) is 12.6 Å². The maximum atomic E-state index is 11.9. The fourth-order valence-electron chi connectivity index (χ4n) is 3.45. The third kappa shape index (κ3) is 3.93. The molecule has 0 aromatic rings. The van der Waals surface area contributed by atoms with Crippen molar-refractivity contribution in [1.82, 2.24) is 4.90 Å². The van der Waals surface area contributed by atoms with Gasteiger partial charge in [-0.15, -0.1) is 0 Å². The Morgan fingerprint density at radius 3 is 2.79 bits per heavy atom. The van der Waals surface area contributed by atoms with E-state index in [1.807, 2.05) is 6.92 Å². The summed E-state index contributed by atoms with van der Waals surface area (Å²) in [5.74, 6) is -0.0561. The predicted octanol–water partition coefficient (Wildman–Crippen LogP) is 1.96. The highest BCUT2D eigenvalue weighted by Gasteiger charge is 2.33. The van der Waals surface area contributed by atoms with Crippen LogP contribution in [-0.2, 0) is 9.53 Å². The van der Waals surface area contributed by atoms with Gasteiger partial charge in [-0.2, -0.15) is 0 Å². The molecule has 19 heavy (non-hydrogen) atoms. The Morgan fingerprint density at radius 1 is 1.21 bits per heavy atom. The van der Waals surface area contributed by atoms with Crippen LogP contribution < -0.4 is 0 Å². The number of rotatable bonds is 3. The number of hydrogen-bond acceptors (Lipinski definition) is 4. The van der Waals surface area contributed by atoms with Crippen LogP contribution in [0, 0.1) is 5.92 Å². The average molecular weight is 269 g/mol. The third-order valence-electron chi connectivity index (χ3n) is 4.49. The van der Waals surface area contributed by atoms with Crippen molar-refractivity contribution in [2.75, 3.05) is 19.7 Å². The molecule has 1 heterocycles. The van der Waals surface area contributed by atoms with Crippen LogP contribution in [0.5, 0.6) is 0 Å². The topological polar surface area (TPSA) is 49.8 Å². The molecular weight excluding hydrogens is 242 g/mol. The molecule has 4 nitrogen and oxygen atoms in total. The first-order valence-corrected chi connectivity index (χ1v) is 7.81. The van der Waals surface area contributed by atoms with Gasteiger partial charge >= 0.3 is 5.97 Å². The van der Waals surface area contributed by atoms with Crippen molar-refractivity contribution in [2.45, 2.75) is 64.0 Å². The average Bonchev–Trinajstić information content (AvgIpc) is 2.64. The predicted molar refractivity (Wildman–Crippen MR) is 73.8 cm³/mol. The molecule has 2 fully saturated rings. The highest BCUT2D eigenvalue weighted by atomic mass is 16.5. The van der Waals surface area contributed by atoms with E-state index < -0.39 is 0 Å². The van der Waals surface area contributed by atoms with Crippen LogP contribution in [0.15, 0.2) is 0 Å². The van der Waals surface area contributed by atoms with Crippen molar-refractivity contribution in [3.05, 3.63) is 0 Å². The number of aliphatic hydroxyl groups is 1. The summed E-state index contributed by atoms with van der Waals surface area (Å²) >= 11 is 0. The largest absolute Gasteiger partial charge is 0.466 e. The Balaban J connectivity index is 1.93. The van der Waals surface area contributed by atoms with Crippen molar-refractivity contribution in [3.8, 4) is 0 Å². The molecule has 0 spiro atoms. The summed E-state index contributed by atoms with van der Waals surface area (Å²) in [6.45, 7) is 4.09. The highest BCUT2D eigenvalue weighted by Crippen LogP contribution is 2.27. The molecule has 1 aliphatic heterocycles. The number of nitrogens with zero attached hydrogens (tertiary/aromatic N) is 1. The number of carbonyl (C=O) groups is 1. The van der Waals surface area contributed by atoms with Gasteiger partial charge in [0.25, 0.3) is 0 Å². The molecule has 1 saturated heterocycles. The van der Waals surface area contributed by atoms with E-state index in [-0.39, 0.29) is 24.0 Å². The van der Waals surface area contributed by atoms with Gasteiger partial charge in [0.1, 0.15) is 0 Å². The second-order valence-electron chi connectivity index (χ2n) is 5.86. The summed E-state index contributed by atoms with van der Waals surface area (Å²) in [4.78, 5) is 14.2. The number of hydrogen-bond donors (Lipinski definition) is 1. The highest BCUT2D eigenvalue weighted by molar-refractivity contribution is 5.72. The monoisotopic (exact) mass is 269 g/mol. The first kappa shape index (κ1) is 14.8. The van der Waals surface area contributed by atoms with Crippen molar-refractivity contribution >= 4 is 5.97 Å². The molecule has 2 unspecified atom stereocenters. The molecule has 3 atom stereocenters. The zero-order valence-electron chi connectivity index (χ0n) is 12.0. The van der Waals surface area contributed by atoms with Crippen LogP contribution in [0.4, 0.5) is 0 Å². The molecule has 2 rings (SSSR count). The molecule has 0 amide bonds. The van der Waals surface area contributed by atoms with E-state index in [9.17, 15) is 9.90 Å². The van der Waals surface area contributed by atoms with Crippen molar-refractivity contribution in [2.24, 2.45) is 5.92 Å². The molecule has 1 saturated carbocycles. The normalized spacial score (nSPS) is 33.7. The summed E-state index contributed by atoms with van der Waals surface area (Å²) in [5, 5.41) is 10.3. The van der Waals surface area contributed by atoms with Crippen LogP contribution in [0.3, 0.4) is 0 Å². The van der Waals surface area contributed by atoms with Gasteiger partial charge in [-0.25, -0.2) is 0 Å². The quantitative estimate of drug-likeness (QED) is 0.628. The maximum absolute atomic E-state index is 11.9. The molecule has 1 aliphatic carbocycles. The molecule has 0 aromatic heterocycles. The van der Waals surface area contributed by atoms with Gasteiger partial charge in [-0.05, 0) is 39.2 Å². The summed E-state index contributed by atoms with van der Waals surface area (Å²) in [7, 11) is 0. The Labute approximate surface area is 116 Å². The van der Waals surface area contributed by atoms with Crippen LogP contribution in [0.1, 0.15) is 51.9 Å². The number of piperidine rings is 1. The zero-order chi connectivity index (χ0) is 13.7. The first-order chi connectivity index (χ1) is 9.22. The Morgan fingerprint density at radius 2 is 2.00 bits per heavy atom. The Kier molecular flexibility index (Phi) is 5.64. The lowest BCUT2D eigenvalue weighted by Gasteiger charge is -2.39. The molecule has 1 N–H and O–H groups in total. The minimum atomic E-state index is -0.219. The zero-order valence-corrected chi connectivity index (χ0v) is 12.0. The molecule has 4 heteroatoms. The van der Waals surface area contributed by atoms with E-state index in [1.165, 1.54) is 12.8 Å². The lowest BCUT2D eigenvalue weighted by Crippen LogP contribution is -2.49. The van der Waals surface area contributed by atoms with Crippen LogP contribution in [-0.4, -0.2) is 47.8 Å². The molecule has 110 valence electrons. The molecular formula is C15H27NO3. The standard InChI is InChI=1S/C15H27NO3/c1-2-19-15(18)12-7-6-10-16(11-12)13-8-4-3-5-9-14(13)17/h12-14,17H,2-11H2,1H3/t12-,13?,14?/m0/s1. The van der Waals surface area contributed by atoms with Gasteiger partial charge in [-0.3, -0.25) is 9.69 Å². The van der Waals surface area contributed by atoms with Crippen molar-refractivity contribution < 1.29 is 14.6 Å². The summed E-state index contributed by atoms with van der Waals surface area (Å²) in [6, 6.07) is 0.250. The van der Waals surface area contributed by atoms with Gasteiger partial charge < -0.3 is 9.84 Å². The van der Waals surface area contributed by atoms with Gasteiger partial charge in [0.15, 0.2) is 0 Å². The summed E-state index contributed by atoms with van der Waals surface area (Å²) in [6.07, 6.45) is 7.27. The van der Waals surface area contributed by atoms with E-state index in [1.54, 1.807) is 0 Å². The fraction of sp³-hybridized carbons (Fsp3) is 0.933. The Bertz CT molecular complexity index is 295. The number of aliphatic hydroxyl groups excluding tert-OH is 1. The van der Waals surface area contributed by atoms with Crippen LogP contribution in [0.25, 0.3) is 0 Å². The minimum absolute atomic E-state index is 0.00385. The second-order valence-corrected chi connectivity index (χ2v) is 5.86. The van der Waals surface area contributed by atoms with E-state index in [0.29, 0.717) is 6.61 Å². The van der Waals surface area contributed by atoms with Crippen molar-refractivity contribution in [1.29, 1.82) is 0 Å². The van der Waals surface area contributed by atoms with Gasteiger partial charge in [0.2, 0.25) is 0 Å². The lowest BCUT2D eigenvalue weighted by molar-refractivity contribution is -0.150. The number of likely N-dealkylation sites (tertiary alicyclic amines) is 1. The molecule has 0 radical (unpaired) electrons. The maximum Gasteiger partial charge on any atom is 0.310 e. The second kappa shape index (κ2) is 7.25. The SMILES string of the molecule is CCOC(=O)[C@H]1CCCN(C2CCCCCC2O)C1. The van der Waals surface area contributed by atoms with Crippen molar-refractivity contribution in [3.63, 3.8) is 0 Å². The van der Waals surface area contributed by atoms with E-state index in [2.05, 4.69) is 4.90 Å². The lowest BCUT2D eigenvalue weighted by atomic mass is 9.94. The van der Waals surface area contributed by atoms with Gasteiger partial charge in [0.05, 0.1) is 18.6 Å². The number of carbonyl (C=O) groups excluding carboxylic acids is 1. The van der Waals surface area contributed by atoms with E-state index in [0.717, 1.165) is 45.2 Å². The number of ether oxygens (including phenoxy) is 1. The Hall–Kier alpha value is -0.610. The molecule has 0 bridgehead atoms. The smallest absolute Gasteiger partial charge is 0.310 e. The minimum Gasteiger partial charge on any atom is -0.466 e. The summed E-state index contributed by atoms with van der Waals surface area (Å²) < 4.78 is 5.14. The number of esters is 1.